The van der Waals surface area contributed by atoms with Crippen molar-refractivity contribution in [3.05, 3.63) is 23.8 Å². The number of nitrogens with two attached hydrogens (primary N) is 1. The fourth-order valence-corrected chi connectivity index (χ4v) is 2.94. The second-order valence-corrected chi connectivity index (χ2v) is 5.65. The van der Waals surface area contributed by atoms with Gasteiger partial charge in [0.15, 0.2) is 0 Å². The second-order valence-electron chi connectivity index (χ2n) is 3.67. The molecule has 17 heavy (non-hydrogen) atoms. The molecule has 1 rings (SSSR count). The van der Waals surface area contributed by atoms with Crippen LogP contribution in [-0.4, -0.2) is 32.7 Å². The first-order valence-electron chi connectivity index (χ1n) is 4.86. The minimum Gasteiger partial charge on any atom is -0.398 e. The van der Waals surface area contributed by atoms with Crippen LogP contribution in [0.4, 0.5) is 14.5 Å². The maximum Gasteiger partial charge on any atom is 0.252 e. The highest BCUT2D eigenvalue weighted by molar-refractivity contribution is 7.89. The van der Waals surface area contributed by atoms with E-state index in [1.807, 2.05) is 0 Å². The highest BCUT2D eigenvalue weighted by Gasteiger charge is 2.26. The first-order valence-corrected chi connectivity index (χ1v) is 6.30. The number of nitrogens with zero attached hydrogens (tertiary/aromatic N) is 1. The van der Waals surface area contributed by atoms with Crippen molar-refractivity contribution in [3.63, 3.8) is 0 Å². The summed E-state index contributed by atoms with van der Waals surface area (Å²) in [5.74, 6) is 0. The van der Waals surface area contributed by atoms with E-state index in [2.05, 4.69) is 0 Å². The molecule has 0 aliphatic rings. The Labute approximate surface area is 99.1 Å². The Morgan fingerprint density at radius 3 is 2.47 bits per heavy atom. The Morgan fingerprint density at radius 1 is 1.41 bits per heavy atom. The number of sulfonamides is 1. The summed E-state index contributed by atoms with van der Waals surface area (Å²) in [6, 6.07) is 4.60. The molecule has 0 saturated heterocycles. The van der Waals surface area contributed by atoms with Gasteiger partial charge in [0, 0.05) is 7.05 Å². The Bertz CT molecular complexity index is 483. The lowest BCUT2D eigenvalue weighted by molar-refractivity contribution is 0.126. The van der Waals surface area contributed by atoms with Gasteiger partial charge < -0.3 is 5.73 Å². The predicted octanol–water partition coefficient (Wildman–Crippen LogP) is 1.46. The zero-order valence-electron chi connectivity index (χ0n) is 9.52. The summed E-state index contributed by atoms with van der Waals surface area (Å²) in [7, 11) is -2.86. The number of rotatable bonds is 4. The van der Waals surface area contributed by atoms with Crippen LogP contribution in [0, 0.1) is 6.92 Å². The molecule has 7 heteroatoms. The quantitative estimate of drug-likeness (QED) is 0.837. The lowest BCUT2D eigenvalue weighted by atomic mass is 10.2. The number of nitrogen functional groups attached to an aromatic ring is 1. The van der Waals surface area contributed by atoms with Crippen LogP contribution in [0.25, 0.3) is 0 Å². The Hall–Kier alpha value is -1.21. The highest BCUT2D eigenvalue weighted by atomic mass is 32.2. The van der Waals surface area contributed by atoms with E-state index >= 15 is 0 Å². The molecule has 0 atom stereocenters. The number of alkyl halides is 2. The molecule has 0 aliphatic carbocycles. The molecule has 96 valence electrons. The van der Waals surface area contributed by atoms with Crippen LogP contribution in [-0.2, 0) is 10.0 Å². The number of anilines is 1. The Kier molecular flexibility index (Phi) is 4.05. The number of halogens is 2. The number of hydrogen-bond donors (Lipinski definition) is 1. The van der Waals surface area contributed by atoms with Crippen LogP contribution in [0.15, 0.2) is 23.1 Å². The maximum absolute atomic E-state index is 12.2. The van der Waals surface area contributed by atoms with Crippen LogP contribution in [0.1, 0.15) is 5.56 Å². The molecule has 0 fully saturated rings. The van der Waals surface area contributed by atoms with Gasteiger partial charge in [-0.25, -0.2) is 17.2 Å². The van der Waals surface area contributed by atoms with E-state index in [-0.39, 0.29) is 10.6 Å². The van der Waals surface area contributed by atoms with Gasteiger partial charge in [-0.3, -0.25) is 0 Å². The van der Waals surface area contributed by atoms with Gasteiger partial charge >= 0.3 is 0 Å². The second kappa shape index (κ2) is 4.97. The first kappa shape index (κ1) is 13.9. The average molecular weight is 264 g/mol. The standard InChI is InChI=1S/C10H14F2N2O2S/c1-7-4-3-5-8(13)10(7)17(15,16)14(2)6-9(11)12/h3-5,9H,6,13H2,1-2H3. The van der Waals surface area contributed by atoms with Crippen LogP contribution >= 0.6 is 0 Å². The van der Waals surface area contributed by atoms with Gasteiger partial charge in [-0.15, -0.1) is 0 Å². The molecule has 1 aromatic rings. The summed E-state index contributed by atoms with van der Waals surface area (Å²) < 4.78 is 49.0. The third kappa shape index (κ3) is 2.92. The molecule has 0 unspecified atom stereocenters. The summed E-state index contributed by atoms with van der Waals surface area (Å²) >= 11 is 0. The number of aryl methyl sites for hydroxylation is 1. The maximum atomic E-state index is 12.2. The minimum absolute atomic E-state index is 0.0612. The van der Waals surface area contributed by atoms with Gasteiger partial charge in [0.2, 0.25) is 10.0 Å². The molecule has 2 N–H and O–H groups in total. The molecular weight excluding hydrogens is 250 g/mol. The molecule has 1 aromatic carbocycles. The lowest BCUT2D eigenvalue weighted by Gasteiger charge is -2.19. The monoisotopic (exact) mass is 264 g/mol. The fraction of sp³-hybridized carbons (Fsp3) is 0.400. The van der Waals surface area contributed by atoms with Gasteiger partial charge in [0.25, 0.3) is 6.43 Å². The molecule has 0 amide bonds. The predicted molar refractivity (Wildman–Crippen MR) is 61.4 cm³/mol. The van der Waals surface area contributed by atoms with Crippen molar-refractivity contribution in [2.75, 3.05) is 19.3 Å². The summed E-state index contributed by atoms with van der Waals surface area (Å²) in [6.45, 7) is 0.718. The first-order chi connectivity index (χ1) is 7.76. The van der Waals surface area contributed by atoms with E-state index < -0.39 is 23.0 Å². The van der Waals surface area contributed by atoms with Crippen LogP contribution in [0.3, 0.4) is 0 Å². The third-order valence-corrected chi connectivity index (χ3v) is 4.35. The van der Waals surface area contributed by atoms with Gasteiger partial charge in [0.05, 0.1) is 12.2 Å². The van der Waals surface area contributed by atoms with Crippen molar-refractivity contribution in [3.8, 4) is 0 Å². The van der Waals surface area contributed by atoms with Crippen molar-refractivity contribution in [2.24, 2.45) is 0 Å². The number of hydrogen-bond acceptors (Lipinski definition) is 3. The van der Waals surface area contributed by atoms with E-state index in [1.54, 1.807) is 19.1 Å². The molecule has 0 bridgehead atoms. The van der Waals surface area contributed by atoms with Crippen LogP contribution in [0.2, 0.25) is 0 Å². The molecule has 0 saturated carbocycles. The lowest BCUT2D eigenvalue weighted by Crippen LogP contribution is -2.32. The van der Waals surface area contributed by atoms with Crippen molar-refractivity contribution in [1.29, 1.82) is 0 Å². The van der Waals surface area contributed by atoms with Crippen LogP contribution in [0.5, 0.6) is 0 Å². The van der Waals surface area contributed by atoms with E-state index in [0.29, 0.717) is 9.87 Å². The van der Waals surface area contributed by atoms with Crippen LogP contribution < -0.4 is 5.73 Å². The van der Waals surface area contributed by atoms with Crippen molar-refractivity contribution >= 4 is 15.7 Å². The van der Waals surface area contributed by atoms with Crippen molar-refractivity contribution in [2.45, 2.75) is 18.2 Å². The van der Waals surface area contributed by atoms with Crippen molar-refractivity contribution < 1.29 is 17.2 Å². The minimum atomic E-state index is -3.97. The van der Waals surface area contributed by atoms with Crippen molar-refractivity contribution in [1.82, 2.24) is 4.31 Å². The third-order valence-electron chi connectivity index (χ3n) is 2.31. The summed E-state index contributed by atoms with van der Waals surface area (Å²) in [4.78, 5) is -0.108. The topological polar surface area (TPSA) is 63.4 Å². The van der Waals surface area contributed by atoms with Gasteiger partial charge in [-0.1, -0.05) is 12.1 Å². The Morgan fingerprint density at radius 2 is 2.00 bits per heavy atom. The average Bonchev–Trinajstić information content (AvgIpc) is 2.15. The molecule has 0 heterocycles. The van der Waals surface area contributed by atoms with Gasteiger partial charge in [0.1, 0.15) is 4.90 Å². The van der Waals surface area contributed by atoms with E-state index in [4.69, 9.17) is 5.73 Å². The smallest absolute Gasteiger partial charge is 0.252 e. The van der Waals surface area contributed by atoms with E-state index in [0.717, 1.165) is 7.05 Å². The largest absolute Gasteiger partial charge is 0.398 e. The van der Waals surface area contributed by atoms with E-state index in [1.165, 1.54) is 6.07 Å². The normalized spacial score (nSPS) is 12.4. The molecule has 0 aliphatic heterocycles. The molecular formula is C10H14F2N2O2S. The molecule has 0 spiro atoms. The summed E-state index contributed by atoms with van der Waals surface area (Å²) in [6.07, 6.45) is -2.72. The fourth-order valence-electron chi connectivity index (χ4n) is 1.48. The molecule has 4 nitrogen and oxygen atoms in total. The highest BCUT2D eigenvalue weighted by Crippen LogP contribution is 2.25. The molecule has 0 aromatic heterocycles. The summed E-state index contributed by atoms with van der Waals surface area (Å²) in [5, 5.41) is 0. The van der Waals surface area contributed by atoms with Gasteiger partial charge in [-0.05, 0) is 18.6 Å². The SMILES string of the molecule is Cc1cccc(N)c1S(=O)(=O)N(C)CC(F)F. The Balaban J connectivity index is 3.22. The van der Waals surface area contributed by atoms with E-state index in [9.17, 15) is 17.2 Å². The molecule has 0 radical (unpaired) electrons. The van der Waals surface area contributed by atoms with Gasteiger partial charge in [-0.2, -0.15) is 4.31 Å². The summed E-state index contributed by atoms with van der Waals surface area (Å²) in [5.41, 5.74) is 6.08. The zero-order chi connectivity index (χ0) is 13.2. The number of benzene rings is 1. The zero-order valence-corrected chi connectivity index (χ0v) is 10.3.